The van der Waals surface area contributed by atoms with Crippen LogP contribution in [0, 0.1) is 11.6 Å². The van der Waals surface area contributed by atoms with Gasteiger partial charge in [-0.15, -0.1) is 0 Å². The standard InChI is InChI=1S/C21H18F2N2O4/c1-2-27-21(26)16-10-18(29-25-16)13-8-6-12(7-9-13)17-11-28-20(24-17)19-14(22)4-3-5-15(19)23/h3-10,17-18,25H,2,11H2,1H3. The van der Waals surface area contributed by atoms with Crippen LogP contribution in [0.3, 0.4) is 0 Å². The SMILES string of the molecule is CCOC(=O)C1=CC(c2ccc(C3COC(c4c(F)cccc4F)=N3)cc2)ON1. The molecule has 150 valence electrons. The number of hydrogen-bond acceptors (Lipinski definition) is 6. The van der Waals surface area contributed by atoms with Crippen molar-refractivity contribution >= 4 is 11.9 Å². The number of hydrogen-bond donors (Lipinski definition) is 1. The van der Waals surface area contributed by atoms with E-state index in [1.54, 1.807) is 13.0 Å². The van der Waals surface area contributed by atoms with E-state index in [-0.39, 0.29) is 36.4 Å². The minimum atomic E-state index is -0.713. The predicted molar refractivity (Wildman–Crippen MR) is 99.7 cm³/mol. The van der Waals surface area contributed by atoms with Gasteiger partial charge in [-0.05, 0) is 36.3 Å². The number of hydroxylamine groups is 1. The molecule has 0 fully saturated rings. The molecule has 0 radical (unpaired) electrons. The summed E-state index contributed by atoms with van der Waals surface area (Å²) < 4.78 is 38.2. The number of nitrogens with one attached hydrogen (secondary N) is 1. The molecule has 2 unspecified atom stereocenters. The Labute approximate surface area is 165 Å². The molecular formula is C21H18F2N2O4. The van der Waals surface area contributed by atoms with Crippen LogP contribution in [0.2, 0.25) is 0 Å². The summed E-state index contributed by atoms with van der Waals surface area (Å²) in [5.41, 5.74) is 4.22. The molecule has 2 heterocycles. The largest absolute Gasteiger partial charge is 0.475 e. The number of ether oxygens (including phenoxy) is 2. The first-order valence-electron chi connectivity index (χ1n) is 9.12. The zero-order valence-electron chi connectivity index (χ0n) is 15.5. The average Bonchev–Trinajstić information content (AvgIpc) is 3.39. The lowest BCUT2D eigenvalue weighted by molar-refractivity contribution is -0.140. The van der Waals surface area contributed by atoms with Gasteiger partial charge in [0.15, 0.2) is 0 Å². The van der Waals surface area contributed by atoms with Gasteiger partial charge in [0.25, 0.3) is 0 Å². The summed E-state index contributed by atoms with van der Waals surface area (Å²) in [4.78, 5) is 21.5. The quantitative estimate of drug-likeness (QED) is 0.778. The summed E-state index contributed by atoms with van der Waals surface area (Å²) in [5, 5.41) is 0. The second-order valence-electron chi connectivity index (χ2n) is 6.47. The molecular weight excluding hydrogens is 382 g/mol. The second kappa shape index (κ2) is 8.00. The first-order valence-corrected chi connectivity index (χ1v) is 9.12. The Hall–Kier alpha value is -3.26. The van der Waals surface area contributed by atoms with Crippen molar-refractivity contribution in [3.05, 3.63) is 82.6 Å². The van der Waals surface area contributed by atoms with Crippen molar-refractivity contribution in [2.75, 3.05) is 13.2 Å². The van der Waals surface area contributed by atoms with E-state index < -0.39 is 23.7 Å². The molecule has 1 N–H and O–H groups in total. The van der Waals surface area contributed by atoms with Gasteiger partial charge < -0.3 is 9.47 Å². The number of benzene rings is 2. The van der Waals surface area contributed by atoms with Gasteiger partial charge in [-0.25, -0.2) is 18.6 Å². The number of aliphatic imine (C=N–C) groups is 1. The molecule has 29 heavy (non-hydrogen) atoms. The van der Waals surface area contributed by atoms with Crippen molar-refractivity contribution in [2.24, 2.45) is 4.99 Å². The van der Waals surface area contributed by atoms with E-state index in [2.05, 4.69) is 10.5 Å². The number of carbonyl (C=O) groups is 1. The maximum absolute atomic E-state index is 13.9. The minimum absolute atomic E-state index is 0.0417. The Kier molecular flexibility index (Phi) is 5.26. The molecule has 2 aromatic carbocycles. The highest BCUT2D eigenvalue weighted by atomic mass is 19.1. The van der Waals surface area contributed by atoms with E-state index in [4.69, 9.17) is 14.3 Å². The zero-order chi connectivity index (χ0) is 20.4. The van der Waals surface area contributed by atoms with Gasteiger partial charge in [0, 0.05) is 0 Å². The van der Waals surface area contributed by atoms with E-state index in [1.807, 2.05) is 24.3 Å². The molecule has 2 aromatic rings. The molecule has 4 rings (SSSR count). The highest BCUT2D eigenvalue weighted by molar-refractivity contribution is 5.95. The summed E-state index contributed by atoms with van der Waals surface area (Å²) in [6, 6.07) is 10.6. The maximum atomic E-state index is 13.9. The summed E-state index contributed by atoms with van der Waals surface area (Å²) in [5.74, 6) is -1.94. The second-order valence-corrected chi connectivity index (χ2v) is 6.47. The Morgan fingerprint density at radius 1 is 1.17 bits per heavy atom. The summed E-state index contributed by atoms with van der Waals surface area (Å²) in [6.45, 7) is 2.20. The van der Waals surface area contributed by atoms with Crippen molar-refractivity contribution in [3.8, 4) is 0 Å². The number of carbonyl (C=O) groups excluding carboxylic acids is 1. The Morgan fingerprint density at radius 3 is 2.55 bits per heavy atom. The Balaban J connectivity index is 1.49. The fourth-order valence-electron chi connectivity index (χ4n) is 3.12. The summed E-state index contributed by atoms with van der Waals surface area (Å²) >= 11 is 0. The highest BCUT2D eigenvalue weighted by Crippen LogP contribution is 2.30. The van der Waals surface area contributed by atoms with E-state index >= 15 is 0 Å². The molecule has 0 saturated heterocycles. The van der Waals surface area contributed by atoms with Crippen LogP contribution < -0.4 is 5.48 Å². The fourth-order valence-corrected chi connectivity index (χ4v) is 3.12. The van der Waals surface area contributed by atoms with Gasteiger partial charge in [-0.3, -0.25) is 10.3 Å². The highest BCUT2D eigenvalue weighted by Gasteiger charge is 2.27. The van der Waals surface area contributed by atoms with E-state index in [1.165, 1.54) is 18.2 Å². The van der Waals surface area contributed by atoms with Crippen molar-refractivity contribution in [2.45, 2.75) is 19.1 Å². The zero-order valence-corrected chi connectivity index (χ0v) is 15.5. The molecule has 0 amide bonds. The average molecular weight is 400 g/mol. The van der Waals surface area contributed by atoms with E-state index in [0.29, 0.717) is 0 Å². The summed E-state index contributed by atoms with van der Waals surface area (Å²) in [6.07, 6.45) is 1.21. The molecule has 2 aliphatic rings. The lowest BCUT2D eigenvalue weighted by atomic mass is 10.0. The van der Waals surface area contributed by atoms with Crippen LogP contribution in [0.1, 0.15) is 35.8 Å². The van der Waals surface area contributed by atoms with Crippen molar-refractivity contribution in [1.82, 2.24) is 5.48 Å². The van der Waals surface area contributed by atoms with Gasteiger partial charge in [0.2, 0.25) is 5.90 Å². The van der Waals surface area contributed by atoms with Gasteiger partial charge in [-0.2, -0.15) is 0 Å². The molecule has 2 aliphatic heterocycles. The first-order chi connectivity index (χ1) is 14.1. The molecule has 0 aliphatic carbocycles. The molecule has 6 nitrogen and oxygen atoms in total. The normalized spacial score (nSPS) is 20.5. The van der Waals surface area contributed by atoms with Gasteiger partial charge in [0.05, 0.1) is 6.61 Å². The third-order valence-corrected chi connectivity index (χ3v) is 4.59. The van der Waals surface area contributed by atoms with Gasteiger partial charge in [0.1, 0.15) is 41.6 Å². The Morgan fingerprint density at radius 2 is 1.86 bits per heavy atom. The van der Waals surface area contributed by atoms with Crippen LogP contribution in [0.5, 0.6) is 0 Å². The van der Waals surface area contributed by atoms with Crippen LogP contribution >= 0.6 is 0 Å². The monoisotopic (exact) mass is 400 g/mol. The fraction of sp³-hybridized carbons (Fsp3) is 0.238. The number of rotatable bonds is 5. The van der Waals surface area contributed by atoms with Crippen molar-refractivity contribution in [3.63, 3.8) is 0 Å². The minimum Gasteiger partial charge on any atom is -0.475 e. The lowest BCUT2D eigenvalue weighted by Crippen LogP contribution is -2.17. The lowest BCUT2D eigenvalue weighted by Gasteiger charge is -2.10. The number of halogens is 2. The van der Waals surface area contributed by atoms with Crippen LogP contribution in [0.15, 0.2) is 59.2 Å². The molecule has 0 aromatic heterocycles. The molecule has 0 saturated carbocycles. The van der Waals surface area contributed by atoms with E-state index in [0.717, 1.165) is 11.1 Å². The Bertz CT molecular complexity index is 968. The topological polar surface area (TPSA) is 69.2 Å². The smallest absolute Gasteiger partial charge is 0.356 e. The van der Waals surface area contributed by atoms with E-state index in [9.17, 15) is 13.6 Å². The summed E-state index contributed by atoms with van der Waals surface area (Å²) in [7, 11) is 0. The van der Waals surface area contributed by atoms with Crippen LogP contribution in [0.25, 0.3) is 0 Å². The van der Waals surface area contributed by atoms with Gasteiger partial charge >= 0.3 is 5.97 Å². The van der Waals surface area contributed by atoms with Crippen LogP contribution in [0.4, 0.5) is 8.78 Å². The molecule has 2 atom stereocenters. The van der Waals surface area contributed by atoms with Crippen LogP contribution in [-0.2, 0) is 19.1 Å². The number of nitrogens with zero attached hydrogens (tertiary/aromatic N) is 1. The molecule has 8 heteroatoms. The third kappa shape index (κ3) is 3.84. The predicted octanol–water partition coefficient (Wildman–Crippen LogP) is 3.51. The maximum Gasteiger partial charge on any atom is 0.356 e. The van der Waals surface area contributed by atoms with Crippen molar-refractivity contribution in [1.29, 1.82) is 0 Å². The molecule has 0 spiro atoms. The third-order valence-electron chi connectivity index (χ3n) is 4.59. The van der Waals surface area contributed by atoms with Crippen molar-refractivity contribution < 1.29 is 27.9 Å². The molecule has 0 bridgehead atoms. The van der Waals surface area contributed by atoms with Gasteiger partial charge in [-0.1, -0.05) is 30.3 Å². The number of esters is 1. The van der Waals surface area contributed by atoms with Crippen LogP contribution in [-0.4, -0.2) is 25.1 Å². The first kappa shape index (κ1) is 19.1.